The molecule has 0 aromatic carbocycles. The highest BCUT2D eigenvalue weighted by Crippen LogP contribution is 1.99. The Morgan fingerprint density at radius 3 is 1.43 bits per heavy atom. The Morgan fingerprint density at radius 2 is 1.43 bits per heavy atom. The van der Waals surface area contributed by atoms with Gasteiger partial charge in [-0.2, -0.15) is 0 Å². The molecule has 7 heavy (non-hydrogen) atoms. The molecule has 0 rings (SSSR count). The largest absolute Gasteiger partial charge is 0.344 e. The second-order valence-corrected chi connectivity index (χ2v) is 2.44. The van der Waals surface area contributed by atoms with Gasteiger partial charge in [-0.25, -0.2) is 0 Å². The number of hydrogen-bond acceptors (Lipinski definition) is 3. The minimum absolute atomic E-state index is 0. The molecule has 0 aliphatic heterocycles. The maximum atomic E-state index is 9.60. The Morgan fingerprint density at radius 1 is 1.29 bits per heavy atom. The topological polar surface area (TPSA) is 87.1 Å². The van der Waals surface area contributed by atoms with E-state index in [1.807, 2.05) is 13.8 Å². The number of rotatable bonds is 1. The fourth-order valence-electron chi connectivity index (χ4n) is 0. The van der Waals surface area contributed by atoms with Crippen LogP contribution in [0.1, 0.15) is 13.8 Å². The minimum atomic E-state index is 0. The fraction of sp³-hybridized carbons (Fsp3) is 1.00. The quantitative estimate of drug-likeness (QED) is 0.524. The summed E-state index contributed by atoms with van der Waals surface area (Å²) in [5.74, 6) is 0. The van der Waals surface area contributed by atoms with E-state index in [2.05, 4.69) is 0 Å². The molecule has 0 unspecified atom stereocenters. The van der Waals surface area contributed by atoms with Gasteiger partial charge in [-0.15, -0.1) is 0 Å². The lowest BCUT2D eigenvalue weighted by Gasteiger charge is -1.76. The maximum absolute atomic E-state index is 9.60. The van der Waals surface area contributed by atoms with Crippen LogP contribution >= 0.6 is 8.46 Å². The van der Waals surface area contributed by atoms with Gasteiger partial charge in [-0.3, -0.25) is 4.57 Å². The zero-order valence-corrected chi connectivity index (χ0v) is 5.74. The molecule has 0 bridgehead atoms. The minimum Gasteiger partial charge on any atom is -0.344 e. The second kappa shape index (κ2) is 9.39. The van der Waals surface area contributed by atoms with Crippen molar-refractivity contribution in [2.45, 2.75) is 19.5 Å². The van der Waals surface area contributed by atoms with E-state index in [9.17, 15) is 4.57 Å². The first-order valence-electron chi connectivity index (χ1n) is 1.60. The Kier molecular flexibility index (Phi) is 21.1. The van der Waals surface area contributed by atoms with Gasteiger partial charge >= 0.3 is 0 Å². The second-order valence-electron chi connectivity index (χ2n) is 1.20. The summed E-state index contributed by atoms with van der Waals surface area (Å²) in [5.41, 5.74) is 0.301. The van der Waals surface area contributed by atoms with Crippen molar-refractivity contribution in [1.82, 2.24) is 12.3 Å². The molecule has 3 nitrogen and oxygen atoms in total. The van der Waals surface area contributed by atoms with Crippen molar-refractivity contribution in [3.8, 4) is 0 Å². The molecule has 0 radical (unpaired) electrons. The summed E-state index contributed by atoms with van der Waals surface area (Å²) in [6.07, 6.45) is 0. The van der Waals surface area contributed by atoms with Crippen molar-refractivity contribution < 1.29 is 4.57 Å². The van der Waals surface area contributed by atoms with Crippen molar-refractivity contribution in [2.24, 2.45) is 0 Å². The first-order chi connectivity index (χ1) is 2.27. The predicted octanol–water partition coefficient (Wildman–Crippen LogP) is 2.01. The highest BCUT2D eigenvalue weighted by atomic mass is 31.1. The van der Waals surface area contributed by atoms with Gasteiger partial charge in [0, 0.05) is 5.66 Å². The van der Waals surface area contributed by atoms with E-state index in [0.717, 1.165) is 0 Å². The highest BCUT2D eigenvalue weighted by molar-refractivity contribution is 7.24. The third-order valence-corrected chi connectivity index (χ3v) is 0.632. The molecule has 0 amide bonds. The first kappa shape index (κ1) is 15.7. The van der Waals surface area contributed by atoms with Crippen LogP contribution in [0.25, 0.3) is 0 Å². The van der Waals surface area contributed by atoms with Gasteiger partial charge in [-0.1, -0.05) is 13.8 Å². The molecule has 0 saturated carbocycles. The Hall–Kier alpha value is 0.0200. The lowest BCUT2D eigenvalue weighted by Crippen LogP contribution is -1.72. The molecular formula is C3H13N2OP. The third kappa shape index (κ3) is 23.8. The van der Waals surface area contributed by atoms with Crippen molar-refractivity contribution in [3.63, 3.8) is 0 Å². The molecule has 0 aliphatic rings. The standard InChI is InChI=1S/C3H7OP.2H3N/c1-3(2)5-4;;/h3H,1-2H3;2*1H3. The SMILES string of the molecule is CC(C)P=O.N.N. The van der Waals surface area contributed by atoms with Crippen molar-refractivity contribution in [2.75, 3.05) is 0 Å². The monoisotopic (exact) mass is 124 g/mol. The smallest absolute Gasteiger partial charge is 0.158 e. The Bertz CT molecular complexity index is 39.9. The third-order valence-electron chi connectivity index (χ3n) is 0.211. The van der Waals surface area contributed by atoms with Crippen LogP contribution < -0.4 is 12.3 Å². The van der Waals surface area contributed by atoms with Crippen LogP contribution in [0.4, 0.5) is 0 Å². The van der Waals surface area contributed by atoms with Gasteiger partial charge in [0.25, 0.3) is 0 Å². The zero-order valence-electron chi connectivity index (χ0n) is 4.85. The molecule has 0 aromatic heterocycles. The maximum Gasteiger partial charge on any atom is 0.158 e. The number of hydrogen-bond donors (Lipinski definition) is 2. The Labute approximate surface area is 45.9 Å². The summed E-state index contributed by atoms with van der Waals surface area (Å²) in [6.45, 7) is 3.79. The lowest BCUT2D eigenvalue weighted by atomic mass is 10.6. The summed E-state index contributed by atoms with van der Waals surface area (Å²) >= 11 is 0. The van der Waals surface area contributed by atoms with Gasteiger partial charge in [-0.05, 0) is 0 Å². The molecule has 0 fully saturated rings. The molecule has 0 atom stereocenters. The van der Waals surface area contributed by atoms with Crippen LogP contribution in [0.15, 0.2) is 0 Å². The van der Waals surface area contributed by atoms with Crippen molar-refractivity contribution in [1.29, 1.82) is 0 Å². The van der Waals surface area contributed by atoms with Gasteiger partial charge in [0.1, 0.15) is 0 Å². The molecule has 4 heteroatoms. The molecule has 0 spiro atoms. The lowest BCUT2D eigenvalue weighted by molar-refractivity contribution is 0.594. The van der Waals surface area contributed by atoms with Crippen LogP contribution in [0.5, 0.6) is 0 Å². The average molecular weight is 124 g/mol. The van der Waals surface area contributed by atoms with Crippen LogP contribution in [-0.4, -0.2) is 5.66 Å². The zero-order chi connectivity index (χ0) is 4.28. The highest BCUT2D eigenvalue weighted by Gasteiger charge is 1.81. The van der Waals surface area contributed by atoms with E-state index < -0.39 is 0 Å². The molecule has 6 N–H and O–H groups in total. The van der Waals surface area contributed by atoms with E-state index in [-0.39, 0.29) is 20.8 Å². The molecular weight excluding hydrogens is 111 g/mol. The summed E-state index contributed by atoms with van der Waals surface area (Å²) < 4.78 is 9.60. The van der Waals surface area contributed by atoms with E-state index >= 15 is 0 Å². The van der Waals surface area contributed by atoms with Gasteiger partial charge in [0.2, 0.25) is 0 Å². The summed E-state index contributed by atoms with van der Waals surface area (Å²) in [4.78, 5) is 0. The van der Waals surface area contributed by atoms with E-state index in [1.165, 1.54) is 0 Å². The average Bonchev–Trinajstić information content (AvgIpc) is 1.38. The van der Waals surface area contributed by atoms with E-state index in [0.29, 0.717) is 5.66 Å². The normalized spacial score (nSPS) is 7.29. The fourth-order valence-corrected chi connectivity index (χ4v) is 0. The van der Waals surface area contributed by atoms with Crippen LogP contribution in [0.3, 0.4) is 0 Å². The summed E-state index contributed by atoms with van der Waals surface area (Å²) in [5, 5.41) is 0. The molecule has 0 aromatic rings. The van der Waals surface area contributed by atoms with Crippen LogP contribution in [0.2, 0.25) is 0 Å². The van der Waals surface area contributed by atoms with Gasteiger partial charge in [0.15, 0.2) is 8.46 Å². The molecule has 46 valence electrons. The predicted molar refractivity (Wildman–Crippen MR) is 32.8 cm³/mol. The summed E-state index contributed by atoms with van der Waals surface area (Å²) in [6, 6.07) is 0. The van der Waals surface area contributed by atoms with Gasteiger partial charge in [0.05, 0.1) is 0 Å². The van der Waals surface area contributed by atoms with Crippen molar-refractivity contribution >= 4 is 8.46 Å². The molecule has 0 aliphatic carbocycles. The Balaban J connectivity index is -0.0000000800. The van der Waals surface area contributed by atoms with Gasteiger partial charge < -0.3 is 12.3 Å². The van der Waals surface area contributed by atoms with Crippen LogP contribution in [-0.2, 0) is 4.57 Å². The summed E-state index contributed by atoms with van der Waals surface area (Å²) in [7, 11) is 0.247. The first-order valence-corrected chi connectivity index (χ1v) is 2.48. The van der Waals surface area contributed by atoms with Crippen LogP contribution in [0, 0.1) is 0 Å². The van der Waals surface area contributed by atoms with E-state index in [4.69, 9.17) is 0 Å². The molecule has 0 heterocycles. The van der Waals surface area contributed by atoms with Crippen molar-refractivity contribution in [3.05, 3.63) is 0 Å². The van der Waals surface area contributed by atoms with E-state index in [1.54, 1.807) is 0 Å². The molecule has 0 saturated heterocycles.